The summed E-state index contributed by atoms with van der Waals surface area (Å²) in [6, 6.07) is -0.572. The van der Waals surface area contributed by atoms with Crippen molar-refractivity contribution in [1.29, 1.82) is 0 Å². The number of hydrogen-bond acceptors (Lipinski definition) is 3. The van der Waals surface area contributed by atoms with Crippen LogP contribution in [0.5, 0.6) is 0 Å². The summed E-state index contributed by atoms with van der Waals surface area (Å²) >= 11 is 5.22. The van der Waals surface area contributed by atoms with Gasteiger partial charge in [0.25, 0.3) is 0 Å². The molecule has 1 saturated heterocycles. The van der Waals surface area contributed by atoms with Crippen molar-refractivity contribution in [2.45, 2.75) is 25.3 Å². The van der Waals surface area contributed by atoms with Gasteiger partial charge in [-0.2, -0.15) is 0 Å². The van der Waals surface area contributed by atoms with Gasteiger partial charge in [-0.15, -0.1) is 0 Å². The molecule has 4 amide bonds. The zero-order chi connectivity index (χ0) is 10.3. The first kappa shape index (κ1) is 9.45. The quantitative estimate of drug-likeness (QED) is 0.488. The van der Waals surface area contributed by atoms with Crippen LogP contribution in [0.15, 0.2) is 0 Å². The Kier molecular flexibility index (Phi) is 2.19. The van der Waals surface area contributed by atoms with Crippen molar-refractivity contribution in [3.63, 3.8) is 0 Å². The molecule has 1 aliphatic carbocycles. The number of carbonyl (C=O) groups excluding carboxylic acids is 3. The third kappa shape index (κ3) is 1.48. The molecule has 6 heteroatoms. The van der Waals surface area contributed by atoms with Gasteiger partial charge in [-0.25, -0.2) is 9.69 Å². The Bertz CT molecular complexity index is 314. The van der Waals surface area contributed by atoms with Crippen molar-refractivity contribution in [3.8, 4) is 0 Å². The van der Waals surface area contributed by atoms with E-state index in [0.717, 1.165) is 22.6 Å². The fourth-order valence-corrected chi connectivity index (χ4v) is 1.67. The molecule has 0 aromatic heterocycles. The van der Waals surface area contributed by atoms with E-state index in [9.17, 15) is 14.4 Å². The molecule has 0 radical (unpaired) electrons. The van der Waals surface area contributed by atoms with E-state index >= 15 is 0 Å². The lowest BCUT2D eigenvalue weighted by Gasteiger charge is -2.31. The summed E-state index contributed by atoms with van der Waals surface area (Å²) in [5, 5.41) is -0.812. The van der Waals surface area contributed by atoms with Crippen molar-refractivity contribution in [2.24, 2.45) is 0 Å². The topological polar surface area (TPSA) is 57.7 Å². The molecule has 0 spiro atoms. The number of carbonyl (C=O) groups is 3. The number of hydrogen-bond donors (Lipinski definition) is 0. The lowest BCUT2D eigenvalue weighted by molar-refractivity contribution is -0.130. The first-order chi connectivity index (χ1) is 6.61. The van der Waals surface area contributed by atoms with E-state index in [-0.39, 0.29) is 24.9 Å². The van der Waals surface area contributed by atoms with Crippen LogP contribution in [-0.2, 0) is 4.79 Å². The first-order valence-electron chi connectivity index (χ1n) is 4.44. The number of imide groups is 2. The predicted molar refractivity (Wildman–Crippen MR) is 47.8 cm³/mol. The van der Waals surface area contributed by atoms with Crippen molar-refractivity contribution in [3.05, 3.63) is 0 Å². The third-order valence-corrected chi connectivity index (χ3v) is 2.58. The molecule has 0 bridgehead atoms. The van der Waals surface area contributed by atoms with Gasteiger partial charge in [0.1, 0.15) is 0 Å². The van der Waals surface area contributed by atoms with E-state index < -0.39 is 11.4 Å². The number of rotatable bonds is 1. The summed E-state index contributed by atoms with van der Waals surface area (Å²) in [6.07, 6.45) is 1.85. The molecule has 0 aromatic rings. The Labute approximate surface area is 85.6 Å². The highest BCUT2D eigenvalue weighted by Gasteiger charge is 2.43. The molecular weight excluding hydrogens is 208 g/mol. The number of amides is 4. The summed E-state index contributed by atoms with van der Waals surface area (Å²) in [5.74, 6) is -0.202. The van der Waals surface area contributed by atoms with E-state index in [1.807, 2.05) is 0 Å². The molecule has 76 valence electrons. The molecule has 0 unspecified atom stereocenters. The monoisotopic (exact) mass is 216 g/mol. The fraction of sp³-hybridized carbons (Fsp3) is 0.625. The summed E-state index contributed by atoms with van der Waals surface area (Å²) in [6.45, 7) is 0.100. The molecule has 2 aliphatic rings. The van der Waals surface area contributed by atoms with Crippen LogP contribution in [0, 0.1) is 0 Å². The number of halogens is 1. The lowest BCUT2D eigenvalue weighted by Crippen LogP contribution is -2.53. The van der Waals surface area contributed by atoms with Crippen molar-refractivity contribution in [1.82, 2.24) is 9.80 Å². The van der Waals surface area contributed by atoms with Gasteiger partial charge in [-0.3, -0.25) is 14.5 Å². The molecule has 1 aliphatic heterocycles. The molecule has 2 fully saturated rings. The van der Waals surface area contributed by atoms with Gasteiger partial charge in [0.05, 0.1) is 0 Å². The Morgan fingerprint density at radius 3 is 2.50 bits per heavy atom. The average Bonchev–Trinajstić information content (AvgIpc) is 2.87. The van der Waals surface area contributed by atoms with Crippen LogP contribution < -0.4 is 0 Å². The van der Waals surface area contributed by atoms with Crippen LogP contribution in [0.2, 0.25) is 0 Å². The second-order valence-corrected chi connectivity index (χ2v) is 3.76. The molecular formula is C8H9ClN2O3. The van der Waals surface area contributed by atoms with E-state index in [1.165, 1.54) is 0 Å². The number of nitrogens with zero attached hydrogens (tertiary/aromatic N) is 2. The molecule has 1 saturated carbocycles. The first-order valence-corrected chi connectivity index (χ1v) is 4.82. The minimum absolute atomic E-state index is 0.00573. The molecule has 1 heterocycles. The SMILES string of the molecule is O=C(Cl)N1CCC(=O)N(C2CC2)C1=O. The molecule has 0 N–H and O–H groups in total. The Hall–Kier alpha value is -1.10. The summed E-state index contributed by atoms with van der Waals surface area (Å²) in [4.78, 5) is 35.9. The molecule has 0 aromatic carbocycles. The van der Waals surface area contributed by atoms with Gasteiger partial charge in [0.2, 0.25) is 5.91 Å². The van der Waals surface area contributed by atoms with Crippen LogP contribution in [0.3, 0.4) is 0 Å². The summed E-state index contributed by atoms with van der Waals surface area (Å²) in [7, 11) is 0. The van der Waals surface area contributed by atoms with Gasteiger partial charge in [-0.05, 0) is 24.4 Å². The summed E-state index contributed by atoms with van der Waals surface area (Å²) in [5.41, 5.74) is 0. The van der Waals surface area contributed by atoms with E-state index in [1.54, 1.807) is 0 Å². The van der Waals surface area contributed by atoms with Crippen LogP contribution in [0.4, 0.5) is 9.59 Å². The van der Waals surface area contributed by atoms with Gasteiger partial charge in [-0.1, -0.05) is 0 Å². The maximum atomic E-state index is 11.6. The number of urea groups is 1. The third-order valence-electron chi connectivity index (χ3n) is 2.38. The van der Waals surface area contributed by atoms with Gasteiger partial charge in [0.15, 0.2) is 0 Å². The second kappa shape index (κ2) is 3.24. The van der Waals surface area contributed by atoms with Gasteiger partial charge < -0.3 is 0 Å². The van der Waals surface area contributed by atoms with Crippen molar-refractivity contribution >= 4 is 28.9 Å². The van der Waals surface area contributed by atoms with E-state index in [4.69, 9.17) is 11.6 Å². The zero-order valence-electron chi connectivity index (χ0n) is 7.40. The standard InChI is InChI=1S/C8H9ClN2O3/c9-7(13)10-4-3-6(12)11(8(10)14)5-1-2-5/h5H,1-4H2. The Morgan fingerprint density at radius 2 is 2.00 bits per heavy atom. The van der Waals surface area contributed by atoms with Gasteiger partial charge in [0, 0.05) is 19.0 Å². The normalized spacial score (nSPS) is 22.9. The fourth-order valence-electron chi connectivity index (χ4n) is 1.52. The zero-order valence-corrected chi connectivity index (χ0v) is 8.16. The maximum Gasteiger partial charge on any atom is 0.334 e. The lowest BCUT2D eigenvalue weighted by atomic mass is 10.3. The van der Waals surface area contributed by atoms with Crippen molar-refractivity contribution in [2.75, 3.05) is 6.54 Å². The highest BCUT2D eigenvalue weighted by Crippen LogP contribution is 2.30. The van der Waals surface area contributed by atoms with Crippen LogP contribution in [0.25, 0.3) is 0 Å². The molecule has 0 atom stereocenters. The van der Waals surface area contributed by atoms with E-state index in [0.29, 0.717) is 0 Å². The summed E-state index contributed by atoms with van der Waals surface area (Å²) < 4.78 is 0. The Morgan fingerprint density at radius 1 is 1.36 bits per heavy atom. The predicted octanol–water partition coefficient (Wildman–Crippen LogP) is 1.16. The Balaban J connectivity index is 2.17. The van der Waals surface area contributed by atoms with Crippen molar-refractivity contribution < 1.29 is 14.4 Å². The largest absolute Gasteiger partial charge is 0.334 e. The highest BCUT2D eigenvalue weighted by atomic mass is 35.5. The average molecular weight is 217 g/mol. The van der Waals surface area contributed by atoms with Crippen LogP contribution in [-0.4, -0.2) is 39.7 Å². The van der Waals surface area contributed by atoms with Crippen LogP contribution in [0.1, 0.15) is 19.3 Å². The maximum absolute atomic E-state index is 11.6. The minimum atomic E-state index is -0.812. The smallest absolute Gasteiger partial charge is 0.274 e. The minimum Gasteiger partial charge on any atom is -0.274 e. The van der Waals surface area contributed by atoms with E-state index in [2.05, 4.69) is 0 Å². The molecule has 14 heavy (non-hydrogen) atoms. The molecule has 2 rings (SSSR count). The van der Waals surface area contributed by atoms with Gasteiger partial charge >= 0.3 is 11.4 Å². The molecule has 5 nitrogen and oxygen atoms in total. The second-order valence-electron chi connectivity index (χ2n) is 3.43. The van der Waals surface area contributed by atoms with Crippen LogP contribution >= 0.6 is 11.6 Å². The highest BCUT2D eigenvalue weighted by molar-refractivity contribution is 6.64.